The fourth-order valence-corrected chi connectivity index (χ4v) is 1.17. The Balaban J connectivity index is 2.51. The zero-order chi connectivity index (χ0) is 5.98. The molecule has 44 valence electrons. The quantitative estimate of drug-likeness (QED) is 0.525. The normalized spacial score (nSPS) is 27.1. The van der Waals surface area contributed by atoms with Gasteiger partial charge in [0, 0.05) is 7.11 Å². The summed E-state index contributed by atoms with van der Waals surface area (Å²) < 4.78 is 4.77. The number of hydrogen-bond acceptors (Lipinski definition) is 3. The van der Waals surface area contributed by atoms with Gasteiger partial charge in [0.05, 0.1) is 0 Å². The fraction of sp³-hybridized carbons (Fsp3) is 0.400. The Morgan fingerprint density at radius 1 is 1.88 bits per heavy atom. The van der Waals surface area contributed by atoms with Crippen LogP contribution in [0.3, 0.4) is 0 Å². The number of rotatable bonds is 1. The standard InChI is InChI=1S/C5H6O2S/c1-7-5-4(6)2-3-8-5/h2-3,5H,1H3. The van der Waals surface area contributed by atoms with Crippen molar-refractivity contribution in [1.82, 2.24) is 0 Å². The molecule has 1 aliphatic heterocycles. The number of carbonyl (C=O) groups is 1. The molecule has 0 aliphatic carbocycles. The van der Waals surface area contributed by atoms with Crippen molar-refractivity contribution in [2.75, 3.05) is 7.11 Å². The Morgan fingerprint density at radius 3 is 2.88 bits per heavy atom. The minimum atomic E-state index is -0.269. The van der Waals surface area contributed by atoms with E-state index in [1.165, 1.54) is 24.9 Å². The summed E-state index contributed by atoms with van der Waals surface area (Å²) in [4.78, 5) is 10.6. The van der Waals surface area contributed by atoms with Gasteiger partial charge in [-0.15, -0.1) is 0 Å². The van der Waals surface area contributed by atoms with E-state index in [0.717, 1.165) is 0 Å². The Labute approximate surface area is 51.9 Å². The Hall–Kier alpha value is -0.280. The summed E-state index contributed by atoms with van der Waals surface area (Å²) in [6, 6.07) is 0. The highest BCUT2D eigenvalue weighted by Crippen LogP contribution is 2.20. The molecule has 0 saturated carbocycles. The number of ketones is 1. The van der Waals surface area contributed by atoms with Crippen LogP contribution in [0.4, 0.5) is 0 Å². The largest absolute Gasteiger partial charge is 0.362 e. The Morgan fingerprint density at radius 2 is 2.62 bits per heavy atom. The van der Waals surface area contributed by atoms with Crippen molar-refractivity contribution in [3.63, 3.8) is 0 Å². The van der Waals surface area contributed by atoms with E-state index in [9.17, 15) is 4.79 Å². The molecule has 1 aliphatic rings. The first-order valence-corrected chi connectivity index (χ1v) is 3.17. The summed E-state index contributed by atoms with van der Waals surface area (Å²) in [6.45, 7) is 0. The molecule has 2 nitrogen and oxygen atoms in total. The SMILES string of the molecule is COC1SC=CC1=O. The number of thioether (sulfide) groups is 1. The number of ether oxygens (including phenoxy) is 1. The molecule has 1 rings (SSSR count). The van der Waals surface area contributed by atoms with Gasteiger partial charge < -0.3 is 4.74 Å². The topological polar surface area (TPSA) is 26.3 Å². The minimum Gasteiger partial charge on any atom is -0.362 e. The molecule has 1 heterocycles. The molecule has 0 radical (unpaired) electrons. The van der Waals surface area contributed by atoms with Crippen molar-refractivity contribution in [2.24, 2.45) is 0 Å². The van der Waals surface area contributed by atoms with Gasteiger partial charge in [-0.05, 0) is 11.5 Å². The highest BCUT2D eigenvalue weighted by Gasteiger charge is 2.18. The van der Waals surface area contributed by atoms with E-state index in [1.807, 2.05) is 0 Å². The van der Waals surface area contributed by atoms with Gasteiger partial charge in [0.2, 0.25) is 0 Å². The Bertz CT molecular complexity index is 130. The monoisotopic (exact) mass is 130 g/mol. The summed E-state index contributed by atoms with van der Waals surface area (Å²) in [5.41, 5.74) is -0.269. The number of methoxy groups -OCH3 is 1. The molecular formula is C5H6O2S. The molecular weight excluding hydrogens is 124 g/mol. The van der Waals surface area contributed by atoms with Crippen LogP contribution in [0.5, 0.6) is 0 Å². The first-order valence-electron chi connectivity index (χ1n) is 2.23. The maximum atomic E-state index is 10.6. The third kappa shape index (κ3) is 0.928. The molecule has 3 heteroatoms. The van der Waals surface area contributed by atoms with Gasteiger partial charge in [-0.1, -0.05) is 11.8 Å². The summed E-state index contributed by atoms with van der Waals surface area (Å²) in [6.07, 6.45) is 1.53. The first kappa shape index (κ1) is 5.85. The van der Waals surface area contributed by atoms with Crippen LogP contribution >= 0.6 is 11.8 Å². The van der Waals surface area contributed by atoms with Crippen LogP contribution in [0.15, 0.2) is 11.5 Å². The molecule has 0 saturated heterocycles. The van der Waals surface area contributed by atoms with Gasteiger partial charge in [-0.2, -0.15) is 0 Å². The lowest BCUT2D eigenvalue weighted by atomic mass is 10.4. The molecule has 0 aromatic carbocycles. The van der Waals surface area contributed by atoms with E-state index in [2.05, 4.69) is 0 Å². The average Bonchev–Trinajstić information content (AvgIpc) is 2.14. The van der Waals surface area contributed by atoms with Gasteiger partial charge in [0.25, 0.3) is 0 Å². The molecule has 0 spiro atoms. The van der Waals surface area contributed by atoms with Crippen LogP contribution in [-0.4, -0.2) is 18.3 Å². The second kappa shape index (κ2) is 2.33. The van der Waals surface area contributed by atoms with Gasteiger partial charge in [-0.3, -0.25) is 4.79 Å². The van der Waals surface area contributed by atoms with E-state index in [1.54, 1.807) is 5.41 Å². The Kier molecular flexibility index (Phi) is 1.70. The maximum Gasteiger partial charge on any atom is 0.195 e. The predicted octanol–water partition coefficient (Wildman–Crippen LogP) is 0.788. The van der Waals surface area contributed by atoms with Crippen molar-refractivity contribution in [3.8, 4) is 0 Å². The van der Waals surface area contributed by atoms with Gasteiger partial charge in [0.1, 0.15) is 0 Å². The molecule has 1 unspecified atom stereocenters. The third-order valence-corrected chi connectivity index (χ3v) is 1.85. The van der Waals surface area contributed by atoms with E-state index >= 15 is 0 Å². The van der Waals surface area contributed by atoms with Crippen LogP contribution in [0.25, 0.3) is 0 Å². The van der Waals surface area contributed by atoms with E-state index in [-0.39, 0.29) is 11.2 Å². The lowest BCUT2D eigenvalue weighted by Gasteiger charge is -2.00. The van der Waals surface area contributed by atoms with E-state index in [0.29, 0.717) is 0 Å². The summed E-state index contributed by atoms with van der Waals surface area (Å²) in [5, 5.41) is 1.75. The van der Waals surface area contributed by atoms with Gasteiger partial charge >= 0.3 is 0 Å². The van der Waals surface area contributed by atoms with Crippen LogP contribution in [0.1, 0.15) is 0 Å². The second-order valence-electron chi connectivity index (χ2n) is 1.41. The average molecular weight is 130 g/mol. The molecule has 0 bridgehead atoms. The smallest absolute Gasteiger partial charge is 0.195 e. The van der Waals surface area contributed by atoms with Crippen LogP contribution in [-0.2, 0) is 9.53 Å². The zero-order valence-corrected chi connectivity index (χ0v) is 5.27. The van der Waals surface area contributed by atoms with Crippen molar-refractivity contribution in [3.05, 3.63) is 11.5 Å². The summed E-state index contributed by atoms with van der Waals surface area (Å²) in [5.74, 6) is 0.0532. The predicted molar refractivity (Wildman–Crippen MR) is 32.5 cm³/mol. The fourth-order valence-electron chi connectivity index (χ4n) is 0.495. The summed E-state index contributed by atoms with van der Waals surface area (Å²) >= 11 is 1.40. The van der Waals surface area contributed by atoms with Gasteiger partial charge in [0.15, 0.2) is 11.2 Å². The molecule has 0 fully saturated rings. The molecule has 1 atom stereocenters. The third-order valence-electron chi connectivity index (χ3n) is 0.881. The van der Waals surface area contributed by atoms with Crippen LogP contribution in [0, 0.1) is 0 Å². The lowest BCUT2D eigenvalue weighted by molar-refractivity contribution is -0.119. The minimum absolute atomic E-state index is 0.0532. The number of hydrogen-bond donors (Lipinski definition) is 0. The van der Waals surface area contributed by atoms with E-state index in [4.69, 9.17) is 4.74 Å². The zero-order valence-electron chi connectivity index (χ0n) is 4.46. The first-order chi connectivity index (χ1) is 3.84. The molecule has 0 aromatic rings. The molecule has 0 amide bonds. The number of carbonyl (C=O) groups excluding carboxylic acids is 1. The highest BCUT2D eigenvalue weighted by atomic mass is 32.2. The van der Waals surface area contributed by atoms with Crippen LogP contribution < -0.4 is 0 Å². The lowest BCUT2D eigenvalue weighted by Crippen LogP contribution is -2.11. The van der Waals surface area contributed by atoms with Gasteiger partial charge in [-0.25, -0.2) is 0 Å². The van der Waals surface area contributed by atoms with Crippen molar-refractivity contribution in [2.45, 2.75) is 5.44 Å². The van der Waals surface area contributed by atoms with Crippen molar-refractivity contribution < 1.29 is 9.53 Å². The van der Waals surface area contributed by atoms with Crippen molar-refractivity contribution in [1.29, 1.82) is 0 Å². The van der Waals surface area contributed by atoms with Crippen molar-refractivity contribution >= 4 is 17.5 Å². The molecule has 0 aromatic heterocycles. The maximum absolute atomic E-state index is 10.6. The van der Waals surface area contributed by atoms with Crippen LogP contribution in [0.2, 0.25) is 0 Å². The van der Waals surface area contributed by atoms with E-state index < -0.39 is 0 Å². The highest BCUT2D eigenvalue weighted by molar-refractivity contribution is 8.03. The summed E-state index contributed by atoms with van der Waals surface area (Å²) in [7, 11) is 1.53. The second-order valence-corrected chi connectivity index (χ2v) is 2.38. The molecule has 0 N–H and O–H groups in total. The molecule has 8 heavy (non-hydrogen) atoms.